The number of nitrogens with zero attached hydrogens (tertiary/aromatic N) is 4. The maximum Gasteiger partial charge on any atom is 0.433 e. The van der Waals surface area contributed by atoms with E-state index in [1.54, 1.807) is 17.0 Å². The van der Waals surface area contributed by atoms with Crippen LogP contribution in [0.25, 0.3) is 11.4 Å². The number of pyridine rings is 1. The van der Waals surface area contributed by atoms with Gasteiger partial charge in [-0.05, 0) is 30.7 Å². The number of nitrogens with one attached hydrogen (secondary N) is 2. The van der Waals surface area contributed by atoms with Crippen molar-refractivity contribution < 1.29 is 26.4 Å². The third-order valence-electron chi connectivity index (χ3n) is 5.32. The molecule has 1 atom stereocenters. The minimum absolute atomic E-state index is 0.0208. The number of para-hydroxylation sites is 1. The molecule has 0 aliphatic carbocycles. The zero-order chi connectivity index (χ0) is 25.2. The van der Waals surface area contributed by atoms with E-state index in [4.69, 9.17) is 0 Å². The summed E-state index contributed by atoms with van der Waals surface area (Å²) in [4.78, 5) is 26.0. The second kappa shape index (κ2) is 9.49. The van der Waals surface area contributed by atoms with Crippen molar-refractivity contribution >= 4 is 27.4 Å². The Morgan fingerprint density at radius 2 is 1.83 bits per heavy atom. The van der Waals surface area contributed by atoms with Crippen LogP contribution >= 0.6 is 0 Å². The van der Waals surface area contributed by atoms with Gasteiger partial charge in [-0.3, -0.25) is 4.98 Å². The number of carbonyl (C=O) groups is 1. The highest BCUT2D eigenvalue weighted by atomic mass is 32.2. The van der Waals surface area contributed by atoms with Crippen LogP contribution in [0.1, 0.15) is 12.1 Å². The summed E-state index contributed by atoms with van der Waals surface area (Å²) in [6, 6.07) is 8.90. The molecule has 13 heteroatoms. The van der Waals surface area contributed by atoms with E-state index in [9.17, 15) is 26.4 Å². The van der Waals surface area contributed by atoms with Gasteiger partial charge in [-0.2, -0.15) is 13.2 Å². The van der Waals surface area contributed by atoms with Crippen molar-refractivity contribution in [2.75, 3.05) is 29.6 Å². The van der Waals surface area contributed by atoms with Crippen LogP contribution < -0.4 is 15.5 Å². The first-order valence-corrected chi connectivity index (χ1v) is 12.4. The van der Waals surface area contributed by atoms with Gasteiger partial charge in [0.1, 0.15) is 5.82 Å². The number of alkyl halides is 3. The molecule has 1 aliphatic heterocycles. The number of carbonyl (C=O) groups excluding carboxylic acids is 1. The van der Waals surface area contributed by atoms with Crippen molar-refractivity contribution in [1.29, 1.82) is 0 Å². The molecule has 9 nitrogen and oxygen atoms in total. The number of urea groups is 1. The largest absolute Gasteiger partial charge is 0.433 e. The van der Waals surface area contributed by atoms with Crippen LogP contribution in [0.2, 0.25) is 0 Å². The van der Waals surface area contributed by atoms with Crippen LogP contribution in [0.5, 0.6) is 0 Å². The molecule has 35 heavy (non-hydrogen) atoms. The number of halogens is 3. The lowest BCUT2D eigenvalue weighted by atomic mass is 10.2. The van der Waals surface area contributed by atoms with Gasteiger partial charge in [0.15, 0.2) is 21.4 Å². The number of hydrogen-bond donors (Lipinski definition) is 2. The lowest BCUT2D eigenvalue weighted by Gasteiger charge is -2.20. The first-order chi connectivity index (χ1) is 16.5. The number of hydrogen-bond acceptors (Lipinski definition) is 7. The SMILES string of the molecule is CS(=O)(=O)c1ccccc1NC(=O)NC1CCN(c2cc(C(F)(F)F)nc(-c3ccncc3)n2)C1. The molecule has 184 valence electrons. The lowest BCUT2D eigenvalue weighted by molar-refractivity contribution is -0.141. The van der Waals surface area contributed by atoms with E-state index in [1.807, 2.05) is 0 Å². The van der Waals surface area contributed by atoms with Gasteiger partial charge in [0.25, 0.3) is 0 Å². The summed E-state index contributed by atoms with van der Waals surface area (Å²) in [5.74, 6) is 0.00928. The Balaban J connectivity index is 1.49. The third kappa shape index (κ3) is 5.85. The summed E-state index contributed by atoms with van der Waals surface area (Å²) >= 11 is 0. The molecule has 1 aromatic carbocycles. The van der Waals surface area contributed by atoms with E-state index in [0.29, 0.717) is 18.5 Å². The number of aromatic nitrogens is 3. The van der Waals surface area contributed by atoms with Crippen LogP contribution in [0.15, 0.2) is 59.8 Å². The van der Waals surface area contributed by atoms with Crippen molar-refractivity contribution in [3.8, 4) is 11.4 Å². The van der Waals surface area contributed by atoms with Gasteiger partial charge < -0.3 is 15.5 Å². The van der Waals surface area contributed by atoms with Gasteiger partial charge in [0, 0.05) is 49.4 Å². The average Bonchev–Trinajstić information content (AvgIpc) is 3.27. The Labute approximate surface area is 199 Å². The van der Waals surface area contributed by atoms with Crippen molar-refractivity contribution in [3.05, 3.63) is 60.6 Å². The van der Waals surface area contributed by atoms with Crippen LogP contribution in [-0.2, 0) is 16.0 Å². The molecule has 3 aromatic rings. The molecule has 0 radical (unpaired) electrons. The van der Waals surface area contributed by atoms with E-state index >= 15 is 0 Å². The minimum Gasteiger partial charge on any atom is -0.354 e. The van der Waals surface area contributed by atoms with Gasteiger partial charge >= 0.3 is 12.2 Å². The summed E-state index contributed by atoms with van der Waals surface area (Å²) in [6.45, 7) is 0.570. The van der Waals surface area contributed by atoms with E-state index in [0.717, 1.165) is 12.3 Å². The van der Waals surface area contributed by atoms with Crippen LogP contribution in [-0.4, -0.2) is 54.8 Å². The van der Waals surface area contributed by atoms with Gasteiger partial charge in [-0.1, -0.05) is 12.1 Å². The fraction of sp³-hybridized carbons (Fsp3) is 0.273. The minimum atomic E-state index is -4.66. The monoisotopic (exact) mass is 506 g/mol. The molecule has 2 N–H and O–H groups in total. The molecule has 0 saturated carbocycles. The number of amides is 2. The van der Waals surface area contributed by atoms with Gasteiger partial charge in [-0.25, -0.2) is 23.2 Å². The molecule has 2 aromatic heterocycles. The van der Waals surface area contributed by atoms with Crippen LogP contribution in [0, 0.1) is 0 Å². The normalized spacial score (nSPS) is 16.2. The zero-order valence-corrected chi connectivity index (χ0v) is 19.3. The molecule has 0 spiro atoms. The number of anilines is 2. The highest BCUT2D eigenvalue weighted by Gasteiger charge is 2.35. The van der Waals surface area contributed by atoms with Gasteiger partial charge in [0.2, 0.25) is 0 Å². The summed E-state index contributed by atoms with van der Waals surface area (Å²) in [5.41, 5.74) is -0.541. The number of sulfone groups is 1. The summed E-state index contributed by atoms with van der Waals surface area (Å²) in [5, 5.41) is 5.27. The highest BCUT2D eigenvalue weighted by molar-refractivity contribution is 7.90. The van der Waals surface area contributed by atoms with Gasteiger partial charge in [0.05, 0.1) is 10.6 Å². The van der Waals surface area contributed by atoms with Crippen LogP contribution in [0.3, 0.4) is 0 Å². The van der Waals surface area contributed by atoms with Crippen molar-refractivity contribution in [2.45, 2.75) is 23.5 Å². The van der Waals surface area contributed by atoms with E-state index in [-0.39, 0.29) is 28.8 Å². The van der Waals surface area contributed by atoms with Crippen molar-refractivity contribution in [3.63, 3.8) is 0 Å². The Morgan fingerprint density at radius 3 is 2.51 bits per heavy atom. The fourth-order valence-corrected chi connectivity index (χ4v) is 4.54. The zero-order valence-electron chi connectivity index (χ0n) is 18.5. The predicted octanol–water partition coefficient (Wildman–Crippen LogP) is 3.36. The number of benzene rings is 1. The molecular formula is C22H21F3N6O3S. The molecule has 1 fully saturated rings. The number of rotatable bonds is 5. The summed E-state index contributed by atoms with van der Waals surface area (Å²) in [7, 11) is -3.56. The quantitative estimate of drug-likeness (QED) is 0.545. The van der Waals surface area contributed by atoms with E-state index in [1.165, 1.54) is 36.7 Å². The fourth-order valence-electron chi connectivity index (χ4n) is 3.69. The highest BCUT2D eigenvalue weighted by Crippen LogP contribution is 2.32. The molecule has 1 unspecified atom stereocenters. The smallest absolute Gasteiger partial charge is 0.354 e. The third-order valence-corrected chi connectivity index (χ3v) is 6.48. The topological polar surface area (TPSA) is 117 Å². The van der Waals surface area contributed by atoms with Crippen molar-refractivity contribution in [1.82, 2.24) is 20.3 Å². The van der Waals surface area contributed by atoms with Gasteiger partial charge in [-0.15, -0.1) is 0 Å². The maximum absolute atomic E-state index is 13.5. The molecule has 0 bridgehead atoms. The van der Waals surface area contributed by atoms with Crippen LogP contribution in [0.4, 0.5) is 29.5 Å². The summed E-state index contributed by atoms with van der Waals surface area (Å²) < 4.78 is 64.3. The molecule has 2 amide bonds. The standard InChI is InChI=1S/C22H21F3N6O3S/c1-35(33,34)17-5-3-2-4-16(17)28-21(32)27-15-8-11-31(13-15)19-12-18(22(23,24)25)29-20(30-19)14-6-9-26-10-7-14/h2-7,9-10,12,15H,8,11,13H2,1H3,(H2,27,28,32). The van der Waals surface area contributed by atoms with Crippen molar-refractivity contribution in [2.24, 2.45) is 0 Å². The molecule has 1 saturated heterocycles. The average molecular weight is 507 g/mol. The first kappa shape index (κ1) is 24.4. The first-order valence-electron chi connectivity index (χ1n) is 10.5. The Morgan fingerprint density at radius 1 is 1.11 bits per heavy atom. The van der Waals surface area contributed by atoms with E-state index < -0.39 is 33.8 Å². The Kier molecular flexibility index (Phi) is 6.61. The Hall–Kier alpha value is -3.74. The summed E-state index contributed by atoms with van der Waals surface area (Å²) in [6.07, 6.45) is -0.290. The second-order valence-corrected chi connectivity index (χ2v) is 9.95. The Bertz CT molecular complexity index is 1340. The molecule has 1 aliphatic rings. The lowest BCUT2D eigenvalue weighted by Crippen LogP contribution is -2.40. The molecule has 4 rings (SSSR count). The second-order valence-electron chi connectivity index (χ2n) is 7.97. The predicted molar refractivity (Wildman–Crippen MR) is 123 cm³/mol. The molecule has 3 heterocycles. The molecular weight excluding hydrogens is 485 g/mol. The maximum atomic E-state index is 13.5. The van der Waals surface area contributed by atoms with E-state index in [2.05, 4.69) is 25.6 Å².